The van der Waals surface area contributed by atoms with Crippen molar-refractivity contribution in [2.45, 2.75) is 59.4 Å². The summed E-state index contributed by atoms with van der Waals surface area (Å²) in [6.45, 7) is 9.49. The molecule has 0 heterocycles. The summed E-state index contributed by atoms with van der Waals surface area (Å²) in [5.41, 5.74) is 5.76. The molecular formula is C15H32N2O2. The average Bonchev–Trinajstić information content (AvgIpc) is 2.37. The van der Waals surface area contributed by atoms with Crippen molar-refractivity contribution in [2.75, 3.05) is 19.7 Å². The van der Waals surface area contributed by atoms with Gasteiger partial charge in [-0.05, 0) is 37.6 Å². The first-order chi connectivity index (χ1) is 8.99. The molecule has 0 aromatic heterocycles. The quantitative estimate of drug-likeness (QED) is 0.639. The summed E-state index contributed by atoms with van der Waals surface area (Å²) in [5, 5.41) is 9.14. The van der Waals surface area contributed by atoms with E-state index in [-0.39, 0.29) is 24.5 Å². The van der Waals surface area contributed by atoms with Gasteiger partial charge in [-0.1, -0.05) is 27.7 Å². The van der Waals surface area contributed by atoms with Crippen LogP contribution in [0, 0.1) is 11.8 Å². The van der Waals surface area contributed by atoms with Crippen LogP contribution in [-0.2, 0) is 4.79 Å². The highest BCUT2D eigenvalue weighted by atomic mass is 16.3. The third kappa shape index (κ3) is 6.92. The number of carbonyl (C=O) groups is 1. The molecule has 114 valence electrons. The fourth-order valence-corrected chi connectivity index (χ4v) is 2.64. The topological polar surface area (TPSA) is 66.6 Å². The normalized spacial score (nSPS) is 13.1. The maximum atomic E-state index is 12.4. The Morgan fingerprint density at radius 2 is 1.84 bits per heavy atom. The number of nitrogens with zero attached hydrogens (tertiary/aromatic N) is 1. The number of aliphatic hydroxyl groups is 1. The van der Waals surface area contributed by atoms with Gasteiger partial charge >= 0.3 is 0 Å². The molecule has 0 radical (unpaired) electrons. The van der Waals surface area contributed by atoms with Crippen molar-refractivity contribution >= 4 is 5.91 Å². The molecule has 0 aliphatic carbocycles. The Kier molecular flexibility index (Phi) is 9.88. The molecule has 0 bridgehead atoms. The molecule has 4 heteroatoms. The third-order valence-corrected chi connectivity index (χ3v) is 3.65. The first-order valence-electron chi connectivity index (χ1n) is 7.60. The molecular weight excluding hydrogens is 240 g/mol. The number of rotatable bonds is 10. The molecule has 0 aliphatic rings. The summed E-state index contributed by atoms with van der Waals surface area (Å²) in [5.74, 6) is 0.947. The lowest BCUT2D eigenvalue weighted by Gasteiger charge is -2.31. The Balaban J connectivity index is 4.60. The Labute approximate surface area is 118 Å². The molecule has 0 spiro atoms. The minimum Gasteiger partial charge on any atom is -0.395 e. The SMILES string of the molecule is CCC(CC)N(CCO)C(=O)CC(CN)CC(C)C. The van der Waals surface area contributed by atoms with Crippen molar-refractivity contribution in [1.82, 2.24) is 4.90 Å². The van der Waals surface area contributed by atoms with E-state index in [4.69, 9.17) is 10.8 Å². The summed E-state index contributed by atoms with van der Waals surface area (Å²) in [4.78, 5) is 14.2. The number of hydrogen-bond donors (Lipinski definition) is 2. The Hall–Kier alpha value is -0.610. The van der Waals surface area contributed by atoms with Gasteiger partial charge in [-0.2, -0.15) is 0 Å². The smallest absolute Gasteiger partial charge is 0.223 e. The number of amides is 1. The fourth-order valence-electron chi connectivity index (χ4n) is 2.64. The van der Waals surface area contributed by atoms with Crippen LogP contribution in [0.1, 0.15) is 53.4 Å². The highest BCUT2D eigenvalue weighted by molar-refractivity contribution is 5.76. The van der Waals surface area contributed by atoms with Gasteiger partial charge in [0, 0.05) is 19.0 Å². The first kappa shape index (κ1) is 18.4. The van der Waals surface area contributed by atoms with Gasteiger partial charge in [-0.15, -0.1) is 0 Å². The van der Waals surface area contributed by atoms with Gasteiger partial charge in [0.05, 0.1) is 6.61 Å². The van der Waals surface area contributed by atoms with E-state index >= 15 is 0 Å². The van der Waals surface area contributed by atoms with Crippen molar-refractivity contribution in [2.24, 2.45) is 17.6 Å². The molecule has 0 saturated heterocycles. The average molecular weight is 272 g/mol. The van der Waals surface area contributed by atoms with E-state index in [1.807, 2.05) is 4.90 Å². The molecule has 3 N–H and O–H groups in total. The summed E-state index contributed by atoms with van der Waals surface area (Å²) in [6.07, 6.45) is 3.35. The lowest BCUT2D eigenvalue weighted by Crippen LogP contribution is -2.42. The van der Waals surface area contributed by atoms with Crippen molar-refractivity contribution in [1.29, 1.82) is 0 Å². The molecule has 1 unspecified atom stereocenters. The van der Waals surface area contributed by atoms with Gasteiger partial charge in [0.15, 0.2) is 0 Å². The molecule has 0 fully saturated rings. The van der Waals surface area contributed by atoms with Crippen molar-refractivity contribution in [3.05, 3.63) is 0 Å². The fraction of sp³-hybridized carbons (Fsp3) is 0.933. The highest BCUT2D eigenvalue weighted by Gasteiger charge is 2.23. The van der Waals surface area contributed by atoms with E-state index in [1.165, 1.54) is 0 Å². The van der Waals surface area contributed by atoms with Gasteiger partial charge in [-0.25, -0.2) is 0 Å². The van der Waals surface area contributed by atoms with Crippen LogP contribution >= 0.6 is 0 Å². The minimum atomic E-state index is 0.0275. The predicted octanol–water partition coefficient (Wildman–Crippen LogP) is 2.01. The summed E-state index contributed by atoms with van der Waals surface area (Å²) >= 11 is 0. The van der Waals surface area contributed by atoms with Gasteiger partial charge < -0.3 is 15.7 Å². The Bertz CT molecular complexity index is 240. The number of aliphatic hydroxyl groups excluding tert-OH is 1. The third-order valence-electron chi connectivity index (χ3n) is 3.65. The van der Waals surface area contributed by atoms with Gasteiger partial charge in [0.25, 0.3) is 0 Å². The molecule has 1 amide bonds. The van der Waals surface area contributed by atoms with Gasteiger partial charge in [-0.3, -0.25) is 4.79 Å². The maximum Gasteiger partial charge on any atom is 0.223 e. The second-order valence-electron chi connectivity index (χ2n) is 5.72. The number of carbonyl (C=O) groups excluding carboxylic acids is 1. The molecule has 0 rings (SSSR count). The monoisotopic (exact) mass is 272 g/mol. The number of hydrogen-bond acceptors (Lipinski definition) is 3. The van der Waals surface area contributed by atoms with Crippen LogP contribution in [-0.4, -0.2) is 41.7 Å². The lowest BCUT2D eigenvalue weighted by molar-refractivity contribution is -0.135. The second-order valence-corrected chi connectivity index (χ2v) is 5.72. The molecule has 4 nitrogen and oxygen atoms in total. The zero-order valence-corrected chi connectivity index (χ0v) is 13.1. The van der Waals surface area contributed by atoms with Crippen molar-refractivity contribution < 1.29 is 9.90 Å². The highest BCUT2D eigenvalue weighted by Crippen LogP contribution is 2.18. The number of nitrogens with two attached hydrogens (primary N) is 1. The second kappa shape index (κ2) is 10.2. The van der Waals surface area contributed by atoms with Crippen LogP contribution in [0.2, 0.25) is 0 Å². The zero-order valence-electron chi connectivity index (χ0n) is 13.1. The van der Waals surface area contributed by atoms with Crippen LogP contribution in [0.4, 0.5) is 0 Å². The van der Waals surface area contributed by atoms with E-state index in [2.05, 4.69) is 27.7 Å². The summed E-state index contributed by atoms with van der Waals surface area (Å²) < 4.78 is 0. The Morgan fingerprint density at radius 1 is 1.26 bits per heavy atom. The lowest BCUT2D eigenvalue weighted by atomic mass is 9.93. The standard InChI is InChI=1S/C15H32N2O2/c1-5-14(6-2)17(7-8-18)15(19)10-13(11-16)9-12(3)4/h12-14,18H,5-11,16H2,1-4H3. The molecule has 0 saturated carbocycles. The summed E-state index contributed by atoms with van der Waals surface area (Å²) in [6, 6.07) is 0.233. The van der Waals surface area contributed by atoms with E-state index in [1.54, 1.807) is 0 Å². The van der Waals surface area contributed by atoms with Crippen molar-refractivity contribution in [3.8, 4) is 0 Å². The maximum absolute atomic E-state index is 12.4. The first-order valence-corrected chi connectivity index (χ1v) is 7.60. The van der Waals surface area contributed by atoms with E-state index < -0.39 is 0 Å². The van der Waals surface area contributed by atoms with E-state index in [0.29, 0.717) is 25.4 Å². The molecule has 19 heavy (non-hydrogen) atoms. The predicted molar refractivity (Wildman–Crippen MR) is 79.8 cm³/mol. The van der Waals surface area contributed by atoms with Gasteiger partial charge in [0.1, 0.15) is 0 Å². The molecule has 0 aromatic rings. The van der Waals surface area contributed by atoms with E-state index in [0.717, 1.165) is 19.3 Å². The zero-order chi connectivity index (χ0) is 14.8. The van der Waals surface area contributed by atoms with Gasteiger partial charge in [0.2, 0.25) is 5.91 Å². The van der Waals surface area contributed by atoms with Crippen LogP contribution in [0.5, 0.6) is 0 Å². The largest absolute Gasteiger partial charge is 0.395 e. The molecule has 1 atom stereocenters. The van der Waals surface area contributed by atoms with Crippen LogP contribution < -0.4 is 5.73 Å². The molecule has 0 aliphatic heterocycles. The van der Waals surface area contributed by atoms with Crippen LogP contribution in [0.15, 0.2) is 0 Å². The van der Waals surface area contributed by atoms with Crippen molar-refractivity contribution in [3.63, 3.8) is 0 Å². The minimum absolute atomic E-state index is 0.0275. The molecule has 0 aromatic carbocycles. The van der Waals surface area contributed by atoms with Crippen LogP contribution in [0.3, 0.4) is 0 Å². The van der Waals surface area contributed by atoms with E-state index in [9.17, 15) is 4.79 Å². The Morgan fingerprint density at radius 3 is 2.21 bits per heavy atom. The summed E-state index contributed by atoms with van der Waals surface area (Å²) in [7, 11) is 0. The van der Waals surface area contributed by atoms with Crippen LogP contribution in [0.25, 0.3) is 0 Å².